The summed E-state index contributed by atoms with van der Waals surface area (Å²) in [6.45, 7) is 2.96. The van der Waals surface area contributed by atoms with E-state index in [1.165, 1.54) is 12.4 Å². The van der Waals surface area contributed by atoms with Gasteiger partial charge in [0.05, 0.1) is 25.0 Å². The van der Waals surface area contributed by atoms with Crippen LogP contribution in [0.15, 0.2) is 40.0 Å². The first-order valence-electron chi connectivity index (χ1n) is 7.10. The molecule has 0 atom stereocenters. The maximum atomic E-state index is 11.9. The summed E-state index contributed by atoms with van der Waals surface area (Å²) in [4.78, 5) is 17.8. The maximum Gasteiger partial charge on any atom is 0.274 e. The van der Waals surface area contributed by atoms with Crippen molar-refractivity contribution in [2.24, 2.45) is 5.10 Å². The van der Waals surface area contributed by atoms with Crippen molar-refractivity contribution < 1.29 is 13.9 Å². The molecule has 0 unspecified atom stereocenters. The van der Waals surface area contributed by atoms with E-state index >= 15 is 0 Å². The summed E-state index contributed by atoms with van der Waals surface area (Å²) >= 11 is 5.85. The number of carbonyl (C=O) groups is 1. The van der Waals surface area contributed by atoms with Gasteiger partial charge >= 0.3 is 0 Å². The molecule has 2 aromatic rings. The molecule has 0 spiro atoms. The summed E-state index contributed by atoms with van der Waals surface area (Å²) < 4.78 is 11.0. The van der Waals surface area contributed by atoms with Gasteiger partial charge in [-0.15, -0.1) is 0 Å². The Hall–Kier alpha value is -2.38. The fraction of sp³-hybridized carbons (Fsp3) is 0.267. The zero-order chi connectivity index (χ0) is 16.1. The Balaban J connectivity index is 1.59. The van der Waals surface area contributed by atoms with Crippen LogP contribution in [0.4, 0.5) is 5.88 Å². The summed E-state index contributed by atoms with van der Waals surface area (Å²) in [7, 11) is 0. The number of anilines is 1. The Morgan fingerprint density at radius 1 is 1.35 bits per heavy atom. The quantitative estimate of drug-likeness (QED) is 0.525. The topological polar surface area (TPSA) is 80.0 Å². The van der Waals surface area contributed by atoms with Crippen LogP contribution in [0.1, 0.15) is 16.1 Å². The van der Waals surface area contributed by atoms with Crippen LogP contribution < -0.4 is 10.3 Å². The van der Waals surface area contributed by atoms with Gasteiger partial charge in [0, 0.05) is 25.4 Å². The number of amides is 1. The first-order chi connectivity index (χ1) is 11.2. The van der Waals surface area contributed by atoms with E-state index in [0.717, 1.165) is 19.0 Å². The summed E-state index contributed by atoms with van der Waals surface area (Å²) in [5, 5.41) is 4.00. The van der Waals surface area contributed by atoms with E-state index in [1.807, 2.05) is 6.07 Å². The number of aromatic nitrogens is 1. The fourth-order valence-electron chi connectivity index (χ4n) is 2.14. The highest BCUT2D eigenvalue weighted by Gasteiger charge is 2.14. The van der Waals surface area contributed by atoms with Crippen LogP contribution in [-0.2, 0) is 4.74 Å². The van der Waals surface area contributed by atoms with Crippen molar-refractivity contribution in [2.45, 2.75) is 0 Å². The van der Waals surface area contributed by atoms with Crippen molar-refractivity contribution in [1.82, 2.24) is 10.4 Å². The van der Waals surface area contributed by atoms with Gasteiger partial charge in [0.25, 0.3) is 5.91 Å². The molecule has 2 aromatic heterocycles. The molecule has 0 bridgehead atoms. The van der Waals surface area contributed by atoms with Crippen LogP contribution >= 0.6 is 11.6 Å². The van der Waals surface area contributed by atoms with Crippen molar-refractivity contribution in [3.63, 3.8) is 0 Å². The van der Waals surface area contributed by atoms with Gasteiger partial charge in [0.2, 0.25) is 0 Å². The van der Waals surface area contributed by atoms with Crippen molar-refractivity contribution in [3.05, 3.63) is 46.9 Å². The van der Waals surface area contributed by atoms with E-state index in [0.29, 0.717) is 19.0 Å². The average molecular weight is 335 g/mol. The zero-order valence-corrected chi connectivity index (χ0v) is 13.0. The van der Waals surface area contributed by atoms with E-state index in [1.54, 1.807) is 18.2 Å². The van der Waals surface area contributed by atoms with E-state index in [-0.39, 0.29) is 10.7 Å². The third-order valence-corrected chi connectivity index (χ3v) is 3.60. The molecule has 0 saturated carbocycles. The Labute approximate surface area is 137 Å². The average Bonchev–Trinajstić information content (AvgIpc) is 3.05. The smallest absolute Gasteiger partial charge is 0.274 e. The molecule has 3 rings (SSSR count). The molecule has 0 aliphatic carbocycles. The van der Waals surface area contributed by atoms with Crippen LogP contribution in [0.3, 0.4) is 0 Å². The molecule has 1 amide bonds. The molecular formula is C15H15ClN4O3. The monoisotopic (exact) mass is 334 g/mol. The Bertz CT molecular complexity index is 710. The molecule has 7 nitrogen and oxygen atoms in total. The van der Waals surface area contributed by atoms with E-state index < -0.39 is 5.91 Å². The normalized spacial score (nSPS) is 15.1. The number of hydrogen-bond donors (Lipinski definition) is 1. The van der Waals surface area contributed by atoms with Gasteiger partial charge in [0.1, 0.15) is 10.9 Å². The minimum absolute atomic E-state index is 0.132. The molecule has 1 aliphatic rings. The maximum absolute atomic E-state index is 11.9. The Morgan fingerprint density at radius 3 is 2.96 bits per heavy atom. The number of nitrogens with one attached hydrogen (secondary N) is 1. The number of carbonyl (C=O) groups excluding carboxylic acids is 1. The van der Waals surface area contributed by atoms with Crippen molar-refractivity contribution in [2.75, 3.05) is 31.2 Å². The third kappa shape index (κ3) is 3.88. The number of ether oxygens (including phenoxy) is 1. The van der Waals surface area contributed by atoms with Gasteiger partial charge in [-0.2, -0.15) is 5.10 Å². The Morgan fingerprint density at radius 2 is 2.17 bits per heavy atom. The number of furan rings is 1. The molecular weight excluding hydrogens is 320 g/mol. The van der Waals surface area contributed by atoms with Crippen molar-refractivity contribution in [3.8, 4) is 0 Å². The van der Waals surface area contributed by atoms with Gasteiger partial charge in [-0.1, -0.05) is 11.6 Å². The van der Waals surface area contributed by atoms with Gasteiger partial charge < -0.3 is 14.1 Å². The number of hydrazone groups is 1. The predicted octanol–water partition coefficient (Wildman–Crippen LogP) is 1.93. The second-order valence-corrected chi connectivity index (χ2v) is 5.17. The lowest BCUT2D eigenvalue weighted by atomic mass is 10.3. The lowest BCUT2D eigenvalue weighted by molar-refractivity contribution is 0.0955. The predicted molar refractivity (Wildman–Crippen MR) is 86.0 cm³/mol. The molecule has 1 N–H and O–H groups in total. The fourth-order valence-corrected chi connectivity index (χ4v) is 2.34. The molecule has 1 saturated heterocycles. The highest BCUT2D eigenvalue weighted by molar-refractivity contribution is 6.32. The molecule has 0 radical (unpaired) electrons. The second kappa shape index (κ2) is 7.26. The number of morpholine rings is 1. The van der Waals surface area contributed by atoms with Crippen molar-refractivity contribution in [1.29, 1.82) is 0 Å². The lowest BCUT2D eigenvalue weighted by Crippen LogP contribution is -2.35. The molecule has 0 aromatic carbocycles. The molecule has 120 valence electrons. The standard InChI is InChI=1S/C15H15ClN4O3/c16-14-12(2-1-5-17-14)15(21)19-18-10-11-3-4-13(23-11)20-6-8-22-9-7-20/h1-5,10H,6-9H2,(H,19,21). The summed E-state index contributed by atoms with van der Waals surface area (Å²) in [6.07, 6.45) is 2.95. The number of rotatable bonds is 4. The first-order valence-corrected chi connectivity index (χ1v) is 7.48. The molecule has 3 heterocycles. The van der Waals surface area contributed by atoms with E-state index in [9.17, 15) is 4.79 Å². The van der Waals surface area contributed by atoms with Crippen LogP contribution in [0.25, 0.3) is 0 Å². The molecule has 1 fully saturated rings. The number of pyridine rings is 1. The first kappa shape index (κ1) is 15.5. The van der Waals surface area contributed by atoms with E-state index in [2.05, 4.69) is 20.4 Å². The molecule has 23 heavy (non-hydrogen) atoms. The summed E-state index contributed by atoms with van der Waals surface area (Å²) in [5.74, 6) is 0.875. The van der Waals surface area contributed by atoms with Crippen LogP contribution in [0.5, 0.6) is 0 Å². The minimum Gasteiger partial charge on any atom is -0.440 e. The van der Waals surface area contributed by atoms with Crippen LogP contribution in [0, 0.1) is 0 Å². The zero-order valence-electron chi connectivity index (χ0n) is 12.2. The SMILES string of the molecule is O=C(NN=Cc1ccc(N2CCOCC2)o1)c1cccnc1Cl. The number of halogens is 1. The lowest BCUT2D eigenvalue weighted by Gasteiger charge is -2.26. The highest BCUT2D eigenvalue weighted by Crippen LogP contribution is 2.18. The molecule has 1 aliphatic heterocycles. The van der Waals surface area contributed by atoms with Crippen LogP contribution in [0.2, 0.25) is 5.15 Å². The highest BCUT2D eigenvalue weighted by atomic mass is 35.5. The van der Waals surface area contributed by atoms with Crippen molar-refractivity contribution >= 4 is 29.6 Å². The third-order valence-electron chi connectivity index (χ3n) is 3.30. The Kier molecular flexibility index (Phi) is 4.89. The number of nitrogens with zero attached hydrogens (tertiary/aromatic N) is 3. The minimum atomic E-state index is -0.431. The van der Waals surface area contributed by atoms with Gasteiger partial charge in [0.15, 0.2) is 5.88 Å². The van der Waals surface area contributed by atoms with E-state index in [4.69, 9.17) is 20.8 Å². The number of hydrogen-bond acceptors (Lipinski definition) is 6. The van der Waals surface area contributed by atoms with Crippen LogP contribution in [-0.4, -0.2) is 43.4 Å². The van der Waals surface area contributed by atoms with Gasteiger partial charge in [-0.25, -0.2) is 10.4 Å². The van der Waals surface area contributed by atoms with Gasteiger partial charge in [-0.3, -0.25) is 4.79 Å². The second-order valence-electron chi connectivity index (χ2n) is 4.82. The largest absolute Gasteiger partial charge is 0.440 e. The summed E-state index contributed by atoms with van der Waals surface area (Å²) in [5.41, 5.74) is 2.65. The summed E-state index contributed by atoms with van der Waals surface area (Å²) in [6, 6.07) is 6.86. The van der Waals surface area contributed by atoms with Gasteiger partial charge in [-0.05, 0) is 18.2 Å². The molecule has 8 heteroatoms.